The molecule has 0 saturated carbocycles. The summed E-state index contributed by atoms with van der Waals surface area (Å²) in [5.41, 5.74) is 9.03. The van der Waals surface area contributed by atoms with Gasteiger partial charge in [-0.25, -0.2) is 17.7 Å². The fraction of sp³-hybridized carbons (Fsp3) is 0.294. The summed E-state index contributed by atoms with van der Waals surface area (Å²) < 4.78 is 66.9. The first-order chi connectivity index (χ1) is 13.4. The van der Waals surface area contributed by atoms with Crippen molar-refractivity contribution < 1.29 is 21.6 Å². The van der Waals surface area contributed by atoms with Crippen molar-refractivity contribution in [1.82, 2.24) is 9.29 Å². The van der Waals surface area contributed by atoms with Crippen LogP contribution in [0.25, 0.3) is 10.4 Å². The van der Waals surface area contributed by atoms with E-state index in [0.29, 0.717) is 11.1 Å². The normalized spacial score (nSPS) is 21.3. The summed E-state index contributed by atoms with van der Waals surface area (Å²) in [4.78, 5) is 8.06. The molecule has 0 fully saturated rings. The molecular weight excluding hydrogens is 427 g/mol. The summed E-state index contributed by atoms with van der Waals surface area (Å²) in [6.45, 7) is 1.32. The number of halogens is 3. The summed E-state index contributed by atoms with van der Waals surface area (Å²) in [5, 5.41) is 0. The molecule has 12 heteroatoms. The number of hydrogen-bond acceptors (Lipinski definition) is 7. The fourth-order valence-electron chi connectivity index (χ4n) is 2.94. The molecule has 4 N–H and O–H groups in total. The number of aliphatic imine (C=N–C) groups is 1. The summed E-state index contributed by atoms with van der Waals surface area (Å²) in [7, 11) is -2.72. The Labute approximate surface area is 169 Å². The van der Waals surface area contributed by atoms with E-state index >= 15 is 0 Å². The van der Waals surface area contributed by atoms with Crippen LogP contribution in [0.15, 0.2) is 29.5 Å². The van der Waals surface area contributed by atoms with Crippen molar-refractivity contribution in [3.63, 3.8) is 0 Å². The lowest BCUT2D eigenvalue weighted by molar-refractivity contribution is -0.138. The predicted octanol–water partition coefficient (Wildman–Crippen LogP) is 1.90. The van der Waals surface area contributed by atoms with E-state index in [9.17, 15) is 21.6 Å². The topological polar surface area (TPSA) is 115 Å². The predicted molar refractivity (Wildman–Crippen MR) is 104 cm³/mol. The van der Waals surface area contributed by atoms with E-state index in [2.05, 4.69) is 21.9 Å². The average Bonchev–Trinajstić information content (AvgIpc) is 3.07. The van der Waals surface area contributed by atoms with Gasteiger partial charge >= 0.3 is 6.18 Å². The SMILES string of the molecule is CN1C(N)=N[C@](C)(c2sc(-c3cncc(C#CN)c3)cc2C(F)(F)F)CS1(=O)=O. The van der Waals surface area contributed by atoms with Crippen molar-refractivity contribution in [1.29, 1.82) is 0 Å². The maximum Gasteiger partial charge on any atom is 0.417 e. The second kappa shape index (κ2) is 6.93. The summed E-state index contributed by atoms with van der Waals surface area (Å²) in [6, 6.07) is 4.72. The molecule has 0 unspecified atom stereocenters. The lowest BCUT2D eigenvalue weighted by Crippen LogP contribution is -2.50. The highest BCUT2D eigenvalue weighted by Crippen LogP contribution is 2.47. The first kappa shape index (κ1) is 20.9. The van der Waals surface area contributed by atoms with Gasteiger partial charge < -0.3 is 11.5 Å². The summed E-state index contributed by atoms with van der Waals surface area (Å²) in [6.07, 6.45) is -1.90. The van der Waals surface area contributed by atoms with Crippen LogP contribution in [0.5, 0.6) is 0 Å². The molecule has 0 saturated heterocycles. The smallest absolute Gasteiger partial charge is 0.369 e. The lowest BCUT2D eigenvalue weighted by atomic mass is 9.99. The molecule has 0 radical (unpaired) electrons. The number of guanidine groups is 1. The summed E-state index contributed by atoms with van der Waals surface area (Å²) >= 11 is 0.791. The maximum absolute atomic E-state index is 13.8. The van der Waals surface area contributed by atoms with Gasteiger partial charge in [-0.1, -0.05) is 0 Å². The largest absolute Gasteiger partial charge is 0.417 e. The number of thiophene rings is 1. The first-order valence-electron chi connectivity index (χ1n) is 8.08. The first-order valence-corrected chi connectivity index (χ1v) is 10.5. The van der Waals surface area contributed by atoms with Crippen LogP contribution >= 0.6 is 11.3 Å². The highest BCUT2D eigenvalue weighted by molar-refractivity contribution is 7.89. The number of alkyl halides is 3. The van der Waals surface area contributed by atoms with Crippen LogP contribution in [0.1, 0.15) is 22.9 Å². The quantitative estimate of drug-likeness (QED) is 0.544. The van der Waals surface area contributed by atoms with Gasteiger partial charge in [-0.3, -0.25) is 4.98 Å². The van der Waals surface area contributed by atoms with Gasteiger partial charge in [-0.15, -0.1) is 11.3 Å². The number of nitrogens with two attached hydrogens (primary N) is 2. The number of hydrogen-bond donors (Lipinski definition) is 2. The second-order valence-corrected chi connectivity index (χ2v) is 9.60. The number of pyridine rings is 1. The summed E-state index contributed by atoms with van der Waals surface area (Å²) in [5.74, 6) is 1.57. The zero-order chi connectivity index (χ0) is 21.6. The van der Waals surface area contributed by atoms with Crippen LogP contribution in [0.3, 0.4) is 0 Å². The third kappa shape index (κ3) is 3.88. The maximum atomic E-state index is 13.8. The van der Waals surface area contributed by atoms with Gasteiger partial charge in [-0.2, -0.15) is 13.2 Å². The zero-order valence-electron chi connectivity index (χ0n) is 15.3. The van der Waals surface area contributed by atoms with Crippen molar-refractivity contribution in [3.05, 3.63) is 40.5 Å². The van der Waals surface area contributed by atoms with E-state index in [-0.39, 0.29) is 15.7 Å². The third-order valence-corrected chi connectivity index (χ3v) is 7.72. The monoisotopic (exact) mass is 443 g/mol. The molecule has 0 spiro atoms. The minimum absolute atomic E-state index is 0.241. The van der Waals surface area contributed by atoms with Gasteiger partial charge in [-0.05, 0) is 25.0 Å². The van der Waals surface area contributed by atoms with Crippen molar-refractivity contribution in [3.8, 4) is 22.4 Å². The molecule has 2 aromatic rings. The molecule has 0 aromatic carbocycles. The molecule has 0 bridgehead atoms. The average molecular weight is 443 g/mol. The fourth-order valence-corrected chi connectivity index (χ4v) is 5.72. The molecule has 1 aliphatic rings. The van der Waals surface area contributed by atoms with Crippen LogP contribution in [0.4, 0.5) is 13.2 Å². The minimum atomic E-state index is -4.72. The van der Waals surface area contributed by atoms with Crippen LogP contribution < -0.4 is 11.5 Å². The molecule has 29 heavy (non-hydrogen) atoms. The molecule has 2 aromatic heterocycles. The molecule has 1 aliphatic heterocycles. The number of nitrogens with zero attached hydrogens (tertiary/aromatic N) is 3. The Morgan fingerprint density at radius 1 is 1.31 bits per heavy atom. The Hall–Kier alpha value is -2.78. The van der Waals surface area contributed by atoms with E-state index in [4.69, 9.17) is 11.5 Å². The van der Waals surface area contributed by atoms with E-state index in [0.717, 1.165) is 21.7 Å². The highest BCUT2D eigenvalue weighted by Gasteiger charge is 2.47. The standard InChI is InChI=1S/C17H16F3N5O2S2/c1-16(9-29(26,27)25(2)15(22)24-16)14-12(17(18,19)20)6-13(28-14)11-5-10(3-4-21)7-23-8-11/h5-8H,9,21H2,1-2H3,(H2,22,24)/t16-/m0/s1. The Kier molecular flexibility index (Phi) is 5.00. The Balaban J connectivity index is 2.22. The van der Waals surface area contributed by atoms with Gasteiger partial charge in [0.25, 0.3) is 0 Å². The highest BCUT2D eigenvalue weighted by atomic mass is 32.2. The third-order valence-electron chi connectivity index (χ3n) is 4.33. The van der Waals surface area contributed by atoms with Gasteiger partial charge in [0.05, 0.1) is 11.3 Å². The minimum Gasteiger partial charge on any atom is -0.369 e. The van der Waals surface area contributed by atoms with E-state index < -0.39 is 33.1 Å². The number of rotatable bonds is 2. The molecule has 3 rings (SSSR count). The second-order valence-electron chi connectivity index (χ2n) is 6.55. The van der Waals surface area contributed by atoms with Crippen molar-refractivity contribution in [2.24, 2.45) is 16.5 Å². The van der Waals surface area contributed by atoms with Gasteiger partial charge in [0, 0.05) is 46.4 Å². The van der Waals surface area contributed by atoms with Gasteiger partial charge in [0.2, 0.25) is 16.0 Å². The Morgan fingerprint density at radius 2 is 2.00 bits per heavy atom. The van der Waals surface area contributed by atoms with E-state index in [1.54, 1.807) is 6.07 Å². The van der Waals surface area contributed by atoms with Crippen LogP contribution in [-0.2, 0) is 21.7 Å². The molecular formula is C17H16F3N5O2S2. The van der Waals surface area contributed by atoms with Crippen LogP contribution in [0.2, 0.25) is 0 Å². The van der Waals surface area contributed by atoms with Crippen molar-refractivity contribution in [2.45, 2.75) is 18.6 Å². The van der Waals surface area contributed by atoms with Crippen LogP contribution in [0, 0.1) is 12.0 Å². The molecule has 1 atom stereocenters. The van der Waals surface area contributed by atoms with Crippen LogP contribution in [-0.4, -0.2) is 36.5 Å². The van der Waals surface area contributed by atoms with Crippen molar-refractivity contribution >= 4 is 27.3 Å². The molecule has 7 nitrogen and oxygen atoms in total. The Morgan fingerprint density at radius 3 is 2.59 bits per heavy atom. The van der Waals surface area contributed by atoms with Gasteiger partial charge in [0.15, 0.2) is 0 Å². The number of sulfonamides is 1. The Bertz CT molecular complexity index is 1160. The van der Waals surface area contributed by atoms with Gasteiger partial charge in [0.1, 0.15) is 5.54 Å². The molecule has 3 heterocycles. The molecule has 0 aliphatic carbocycles. The zero-order valence-corrected chi connectivity index (χ0v) is 16.9. The molecule has 0 amide bonds. The van der Waals surface area contributed by atoms with Crippen molar-refractivity contribution in [2.75, 3.05) is 12.8 Å². The van der Waals surface area contributed by atoms with E-state index in [1.165, 1.54) is 26.4 Å². The number of aromatic nitrogens is 1. The van der Waals surface area contributed by atoms with E-state index in [1.807, 2.05) is 0 Å². The molecule has 154 valence electrons. The lowest BCUT2D eigenvalue weighted by Gasteiger charge is -2.34.